The Morgan fingerprint density at radius 1 is 0.737 bits per heavy atom. The zero-order valence-corrected chi connectivity index (χ0v) is 25.1. The van der Waals surface area contributed by atoms with Crippen molar-refractivity contribution in [2.24, 2.45) is 23.7 Å². The van der Waals surface area contributed by atoms with Crippen molar-refractivity contribution in [1.82, 2.24) is 0 Å². The minimum absolute atomic E-state index is 0.456. The van der Waals surface area contributed by atoms with E-state index < -0.39 is 0 Å². The molecule has 6 unspecified atom stereocenters. The van der Waals surface area contributed by atoms with Gasteiger partial charge in [0.2, 0.25) is 0 Å². The summed E-state index contributed by atoms with van der Waals surface area (Å²) in [6.07, 6.45) is 14.0. The van der Waals surface area contributed by atoms with Gasteiger partial charge in [-0.2, -0.15) is 11.8 Å². The highest BCUT2D eigenvalue weighted by atomic mass is 32.2. The fraction of sp³-hybridized carbons (Fsp3) is 0.657. The standard InChI is InChI=1S/C35H50O2S/c1-5-7-8-9-10-11-14-38-21-26-16-23(4)17-31(35(26)37)28-13-12-27-25-19-29(30(20-25)33(27)28)32-18-22(3)15-24(6-2)34(32)36/h15-18,25,27-30,33,36-37H,5-14,19-21H2,1-4H3. The summed E-state index contributed by atoms with van der Waals surface area (Å²) >= 11 is 1.99. The summed E-state index contributed by atoms with van der Waals surface area (Å²) < 4.78 is 0. The highest BCUT2D eigenvalue weighted by Crippen LogP contribution is 2.68. The van der Waals surface area contributed by atoms with Gasteiger partial charge in [0.25, 0.3) is 0 Å². The van der Waals surface area contributed by atoms with Crippen molar-refractivity contribution in [1.29, 1.82) is 0 Å². The Labute approximate surface area is 236 Å². The molecule has 2 aromatic rings. The largest absolute Gasteiger partial charge is 0.507 e. The first kappa shape index (κ1) is 27.9. The lowest BCUT2D eigenvalue weighted by atomic mass is 9.68. The molecule has 0 aliphatic heterocycles. The minimum atomic E-state index is 0.456. The number of hydrogen-bond donors (Lipinski definition) is 2. The first-order valence-electron chi connectivity index (χ1n) is 15.6. The molecule has 3 aliphatic rings. The van der Waals surface area contributed by atoms with Gasteiger partial charge in [0.05, 0.1) is 0 Å². The van der Waals surface area contributed by atoms with E-state index in [9.17, 15) is 10.2 Å². The van der Waals surface area contributed by atoms with E-state index in [1.165, 1.54) is 92.2 Å². The first-order valence-corrected chi connectivity index (χ1v) is 16.8. The van der Waals surface area contributed by atoms with Crippen LogP contribution in [0.15, 0.2) is 24.3 Å². The van der Waals surface area contributed by atoms with Gasteiger partial charge < -0.3 is 10.2 Å². The van der Waals surface area contributed by atoms with Crippen LogP contribution >= 0.6 is 11.8 Å². The van der Waals surface area contributed by atoms with Crippen molar-refractivity contribution >= 4 is 11.8 Å². The van der Waals surface area contributed by atoms with Crippen LogP contribution in [0.4, 0.5) is 0 Å². The molecule has 2 N–H and O–H groups in total. The molecule has 6 atom stereocenters. The monoisotopic (exact) mass is 534 g/mol. The smallest absolute Gasteiger partial charge is 0.123 e. The van der Waals surface area contributed by atoms with Crippen molar-refractivity contribution in [3.05, 3.63) is 57.6 Å². The summed E-state index contributed by atoms with van der Waals surface area (Å²) in [6.45, 7) is 8.80. The van der Waals surface area contributed by atoms with Crippen LogP contribution in [0.25, 0.3) is 0 Å². The molecule has 0 radical (unpaired) electrons. The van der Waals surface area contributed by atoms with Crippen LogP contribution in [-0.4, -0.2) is 16.0 Å². The van der Waals surface area contributed by atoms with E-state index >= 15 is 0 Å². The molecule has 0 saturated heterocycles. The lowest BCUT2D eigenvalue weighted by Gasteiger charge is -2.36. The summed E-state index contributed by atoms with van der Waals surface area (Å²) in [5, 5.41) is 22.7. The Bertz CT molecular complexity index is 1110. The third kappa shape index (κ3) is 5.51. The van der Waals surface area contributed by atoms with Gasteiger partial charge in [-0.1, -0.05) is 81.3 Å². The maximum absolute atomic E-state index is 11.5. The van der Waals surface area contributed by atoms with Gasteiger partial charge in [0.15, 0.2) is 0 Å². The van der Waals surface area contributed by atoms with Gasteiger partial charge in [0.1, 0.15) is 11.5 Å². The third-order valence-corrected chi connectivity index (χ3v) is 11.4. The molecule has 38 heavy (non-hydrogen) atoms. The van der Waals surface area contributed by atoms with Gasteiger partial charge >= 0.3 is 0 Å². The van der Waals surface area contributed by atoms with Crippen molar-refractivity contribution in [3.8, 4) is 11.5 Å². The van der Waals surface area contributed by atoms with E-state index in [0.717, 1.165) is 35.1 Å². The van der Waals surface area contributed by atoms with Crippen molar-refractivity contribution in [2.45, 2.75) is 116 Å². The lowest BCUT2D eigenvalue weighted by Crippen LogP contribution is -2.27. The molecular weight excluding hydrogens is 484 g/mol. The Hall–Kier alpha value is -1.61. The van der Waals surface area contributed by atoms with Crippen LogP contribution in [0, 0.1) is 37.5 Å². The second kappa shape index (κ2) is 12.3. The van der Waals surface area contributed by atoms with E-state index in [1.54, 1.807) is 0 Å². The van der Waals surface area contributed by atoms with E-state index in [4.69, 9.17) is 0 Å². The summed E-state index contributed by atoms with van der Waals surface area (Å²) in [6, 6.07) is 8.94. The zero-order chi connectivity index (χ0) is 26.8. The second-order valence-electron chi connectivity index (χ2n) is 12.8. The number of rotatable bonds is 12. The lowest BCUT2D eigenvalue weighted by molar-refractivity contribution is 0.213. The van der Waals surface area contributed by atoms with Gasteiger partial charge in [-0.05, 0) is 110 Å². The topological polar surface area (TPSA) is 40.5 Å². The molecule has 3 heteroatoms. The van der Waals surface area contributed by atoms with Crippen LogP contribution in [0.2, 0.25) is 0 Å². The number of thioether (sulfide) groups is 1. The predicted molar refractivity (Wildman–Crippen MR) is 163 cm³/mol. The Balaban J connectivity index is 1.30. The van der Waals surface area contributed by atoms with Crippen LogP contribution in [-0.2, 0) is 12.2 Å². The number of aryl methyl sites for hydroxylation is 3. The Kier molecular flexibility index (Phi) is 9.03. The maximum atomic E-state index is 11.5. The maximum Gasteiger partial charge on any atom is 0.123 e. The molecule has 0 aromatic heterocycles. The summed E-state index contributed by atoms with van der Waals surface area (Å²) in [5.74, 6) is 7.02. The first-order chi connectivity index (χ1) is 18.4. The number of phenols is 2. The minimum Gasteiger partial charge on any atom is -0.507 e. The fourth-order valence-corrected chi connectivity index (χ4v) is 9.70. The van der Waals surface area contributed by atoms with E-state index in [-0.39, 0.29) is 0 Å². The van der Waals surface area contributed by atoms with Crippen LogP contribution < -0.4 is 0 Å². The van der Waals surface area contributed by atoms with Crippen LogP contribution in [0.1, 0.15) is 123 Å². The van der Waals surface area contributed by atoms with Crippen LogP contribution in [0.3, 0.4) is 0 Å². The van der Waals surface area contributed by atoms with Gasteiger partial charge in [-0.15, -0.1) is 0 Å². The number of hydrogen-bond acceptors (Lipinski definition) is 3. The summed E-state index contributed by atoms with van der Waals surface area (Å²) in [4.78, 5) is 0. The van der Waals surface area contributed by atoms with Crippen molar-refractivity contribution in [3.63, 3.8) is 0 Å². The van der Waals surface area contributed by atoms with Gasteiger partial charge in [-0.3, -0.25) is 0 Å². The SMILES string of the molecule is CCCCCCCCSCc1cc(C)cc(C2CCC3C4CC(c5cc(C)cc(CC)c5O)C(C4)C23)c1O. The zero-order valence-electron chi connectivity index (χ0n) is 24.3. The molecule has 2 bridgehead atoms. The Morgan fingerprint density at radius 3 is 2.13 bits per heavy atom. The number of phenolic OH excluding ortho intramolecular Hbond substituents is 2. The number of fused-ring (bicyclic) bond motifs is 5. The molecule has 2 aromatic carbocycles. The number of aromatic hydroxyl groups is 2. The molecular formula is C35H50O2S. The highest BCUT2D eigenvalue weighted by Gasteiger charge is 2.58. The average Bonchev–Trinajstić information content (AvgIpc) is 3.61. The van der Waals surface area contributed by atoms with Crippen molar-refractivity contribution < 1.29 is 10.2 Å². The quantitative estimate of drug-likeness (QED) is 0.266. The predicted octanol–water partition coefficient (Wildman–Crippen LogP) is 9.80. The normalized spacial score (nSPS) is 27.8. The molecule has 208 valence electrons. The molecule has 3 fully saturated rings. The van der Waals surface area contributed by atoms with E-state index in [0.29, 0.717) is 35.2 Å². The van der Waals surface area contributed by atoms with Crippen molar-refractivity contribution in [2.75, 3.05) is 5.75 Å². The average molecular weight is 535 g/mol. The molecule has 0 amide bonds. The summed E-state index contributed by atoms with van der Waals surface area (Å²) in [5.41, 5.74) is 7.24. The highest BCUT2D eigenvalue weighted by molar-refractivity contribution is 7.98. The van der Waals surface area contributed by atoms with Gasteiger partial charge in [-0.25, -0.2) is 0 Å². The molecule has 3 aliphatic carbocycles. The molecule has 2 nitrogen and oxygen atoms in total. The number of unbranched alkanes of at least 4 members (excludes halogenated alkanes) is 5. The molecule has 5 rings (SSSR count). The van der Waals surface area contributed by atoms with Crippen LogP contribution in [0.5, 0.6) is 11.5 Å². The van der Waals surface area contributed by atoms with E-state index in [2.05, 4.69) is 52.0 Å². The third-order valence-electron chi connectivity index (χ3n) is 10.3. The molecule has 0 spiro atoms. The molecule has 3 saturated carbocycles. The van der Waals surface area contributed by atoms with Gasteiger partial charge in [0, 0.05) is 11.3 Å². The Morgan fingerprint density at radius 2 is 1.39 bits per heavy atom. The fourth-order valence-electron chi connectivity index (χ4n) is 8.71. The second-order valence-corrected chi connectivity index (χ2v) is 13.9. The van der Waals surface area contributed by atoms with E-state index in [1.807, 2.05) is 11.8 Å². The number of benzene rings is 2. The summed E-state index contributed by atoms with van der Waals surface area (Å²) in [7, 11) is 0. The molecule has 0 heterocycles.